The number of ether oxygens (including phenoxy) is 2. The van der Waals surface area contributed by atoms with E-state index in [1.165, 1.54) is 101 Å². The molecule has 2 aromatic rings. The summed E-state index contributed by atoms with van der Waals surface area (Å²) in [6.07, 6.45) is 21.3. The van der Waals surface area contributed by atoms with E-state index < -0.39 is 5.79 Å². The maximum atomic E-state index is 6.53. The zero-order valence-corrected chi connectivity index (χ0v) is 24.7. The summed E-state index contributed by atoms with van der Waals surface area (Å²) in [5, 5.41) is 0. The molecule has 1 aliphatic heterocycles. The molecule has 0 spiro atoms. The monoisotopic (exact) mass is 548 g/mol. The Morgan fingerprint density at radius 2 is 1.18 bits per heavy atom. The smallest absolute Gasteiger partial charge is 0.197 e. The van der Waals surface area contributed by atoms with Gasteiger partial charge in [0.2, 0.25) is 0 Å². The maximum absolute atomic E-state index is 6.53. The lowest BCUT2D eigenvalue weighted by Crippen LogP contribution is -2.28. The highest BCUT2D eigenvalue weighted by Gasteiger charge is 2.38. The highest BCUT2D eigenvalue weighted by atomic mass is 32.2. The van der Waals surface area contributed by atoms with Crippen LogP contribution in [0.4, 0.5) is 0 Å². The van der Waals surface area contributed by atoms with Gasteiger partial charge < -0.3 is 13.7 Å². The van der Waals surface area contributed by atoms with Crippen molar-refractivity contribution in [1.29, 1.82) is 0 Å². The summed E-state index contributed by atoms with van der Waals surface area (Å²) in [6, 6.07) is 15.7. The third kappa shape index (κ3) is 6.61. The fourth-order valence-electron chi connectivity index (χ4n) is 7.78. The predicted molar refractivity (Wildman–Crippen MR) is 160 cm³/mol. The molecule has 39 heavy (non-hydrogen) atoms. The standard InChI is InChI=1S/C35H48O3S/c1-5-13-27(14-6-1)30-25-32(28-15-7-2-8-16-28)34(33(26-30)29-17-9-3-10-18-29)39-38-22-21-35(36-23-24-37-35)31-19-11-4-12-20-31/h4,11-12,19-20,25-29H,1-3,5-10,13-18,21-24H2. The first kappa shape index (κ1) is 27.8. The molecule has 3 nitrogen and oxygen atoms in total. The maximum Gasteiger partial charge on any atom is 0.197 e. The Kier molecular flexibility index (Phi) is 9.67. The van der Waals surface area contributed by atoms with E-state index in [-0.39, 0.29) is 0 Å². The van der Waals surface area contributed by atoms with Gasteiger partial charge in [-0.05, 0) is 73.0 Å². The molecule has 0 radical (unpaired) electrons. The molecule has 6 rings (SSSR count). The Morgan fingerprint density at radius 3 is 1.72 bits per heavy atom. The van der Waals surface area contributed by atoms with Gasteiger partial charge in [0.05, 0.1) is 19.8 Å². The molecule has 0 aromatic heterocycles. The average molecular weight is 549 g/mol. The zero-order chi connectivity index (χ0) is 26.3. The Labute approximate surface area is 241 Å². The molecule has 1 heterocycles. The molecule has 3 saturated carbocycles. The number of benzene rings is 2. The Balaban J connectivity index is 1.26. The highest BCUT2D eigenvalue weighted by Crippen LogP contribution is 2.47. The predicted octanol–water partition coefficient (Wildman–Crippen LogP) is 10.1. The second kappa shape index (κ2) is 13.6. The zero-order valence-electron chi connectivity index (χ0n) is 23.8. The highest BCUT2D eigenvalue weighted by molar-refractivity contribution is 7.94. The van der Waals surface area contributed by atoms with E-state index in [9.17, 15) is 0 Å². The van der Waals surface area contributed by atoms with Crippen molar-refractivity contribution in [2.75, 3.05) is 19.8 Å². The van der Waals surface area contributed by atoms with E-state index in [0.717, 1.165) is 11.5 Å². The molecular weight excluding hydrogens is 500 g/mol. The van der Waals surface area contributed by atoms with E-state index in [0.29, 0.717) is 38.1 Å². The molecule has 0 N–H and O–H groups in total. The second-order valence-corrected chi connectivity index (χ2v) is 13.3. The van der Waals surface area contributed by atoms with E-state index in [4.69, 9.17) is 13.7 Å². The number of hydrogen-bond acceptors (Lipinski definition) is 4. The van der Waals surface area contributed by atoms with Crippen LogP contribution in [0.3, 0.4) is 0 Å². The topological polar surface area (TPSA) is 27.7 Å². The van der Waals surface area contributed by atoms with Crippen LogP contribution in [0.2, 0.25) is 0 Å². The van der Waals surface area contributed by atoms with Gasteiger partial charge in [-0.3, -0.25) is 0 Å². The van der Waals surface area contributed by atoms with Crippen molar-refractivity contribution in [1.82, 2.24) is 0 Å². The van der Waals surface area contributed by atoms with Gasteiger partial charge >= 0.3 is 0 Å². The number of hydrogen-bond donors (Lipinski definition) is 0. The normalized spacial score (nSPS) is 23.3. The van der Waals surface area contributed by atoms with Crippen molar-refractivity contribution in [2.45, 2.75) is 131 Å². The van der Waals surface area contributed by atoms with Gasteiger partial charge in [-0.2, -0.15) is 0 Å². The van der Waals surface area contributed by atoms with Crippen LogP contribution in [0.15, 0.2) is 47.4 Å². The summed E-state index contributed by atoms with van der Waals surface area (Å²) in [4.78, 5) is 1.47. The largest absolute Gasteiger partial charge is 0.343 e. The van der Waals surface area contributed by atoms with Crippen molar-refractivity contribution in [3.63, 3.8) is 0 Å². The molecule has 4 fully saturated rings. The summed E-state index contributed by atoms with van der Waals surface area (Å²) in [5.41, 5.74) is 5.98. The first-order valence-electron chi connectivity index (χ1n) is 16.1. The summed E-state index contributed by atoms with van der Waals surface area (Å²) in [7, 11) is 0. The molecule has 0 bridgehead atoms. The third-order valence-corrected chi connectivity index (χ3v) is 10.9. The molecule has 0 amide bonds. The van der Waals surface area contributed by atoms with Crippen LogP contribution in [-0.2, 0) is 19.4 Å². The van der Waals surface area contributed by atoms with Crippen molar-refractivity contribution in [2.24, 2.45) is 0 Å². The van der Waals surface area contributed by atoms with Crippen LogP contribution in [0, 0.1) is 0 Å². The first-order chi connectivity index (χ1) is 19.3. The van der Waals surface area contributed by atoms with Gasteiger partial charge in [-0.25, -0.2) is 0 Å². The van der Waals surface area contributed by atoms with Crippen molar-refractivity contribution >= 4 is 12.0 Å². The molecule has 4 heteroatoms. The van der Waals surface area contributed by atoms with Gasteiger partial charge in [-0.1, -0.05) is 100 Å². The van der Waals surface area contributed by atoms with Crippen molar-refractivity contribution in [3.05, 3.63) is 64.7 Å². The lowest BCUT2D eigenvalue weighted by atomic mass is 9.76. The lowest BCUT2D eigenvalue weighted by molar-refractivity contribution is -0.174. The summed E-state index contributed by atoms with van der Waals surface area (Å²) in [6.45, 7) is 1.89. The minimum absolute atomic E-state index is 0.609. The molecule has 212 valence electrons. The number of rotatable bonds is 9. The minimum atomic E-state index is -0.676. The quantitative estimate of drug-likeness (QED) is 0.230. The van der Waals surface area contributed by atoms with Crippen LogP contribution in [-0.4, -0.2) is 19.8 Å². The van der Waals surface area contributed by atoms with Gasteiger partial charge in [0.15, 0.2) is 5.79 Å². The van der Waals surface area contributed by atoms with Crippen molar-refractivity contribution in [3.8, 4) is 0 Å². The van der Waals surface area contributed by atoms with E-state index in [2.05, 4.69) is 42.5 Å². The Bertz CT molecular complexity index is 990. The molecule has 0 unspecified atom stereocenters. The molecule has 0 atom stereocenters. The summed E-state index contributed by atoms with van der Waals surface area (Å²) in [5.74, 6) is 1.46. The molecule has 3 aliphatic carbocycles. The van der Waals surface area contributed by atoms with Crippen LogP contribution in [0.25, 0.3) is 0 Å². The fourth-order valence-corrected chi connectivity index (χ4v) is 8.71. The fraction of sp³-hybridized carbons (Fsp3) is 0.657. The molecule has 1 saturated heterocycles. The van der Waals surface area contributed by atoms with E-state index in [1.807, 2.05) is 0 Å². The van der Waals surface area contributed by atoms with Gasteiger partial charge in [0.25, 0.3) is 0 Å². The van der Waals surface area contributed by atoms with Gasteiger partial charge in [0.1, 0.15) is 0 Å². The molecule has 4 aliphatic rings. The third-order valence-electron chi connectivity index (χ3n) is 9.96. The summed E-state index contributed by atoms with van der Waals surface area (Å²) >= 11 is 1.68. The lowest BCUT2D eigenvalue weighted by Gasteiger charge is -2.32. The van der Waals surface area contributed by atoms with E-state index >= 15 is 0 Å². The van der Waals surface area contributed by atoms with Crippen LogP contribution in [0.1, 0.15) is 143 Å². The first-order valence-corrected chi connectivity index (χ1v) is 16.9. The van der Waals surface area contributed by atoms with Gasteiger partial charge in [-0.15, -0.1) is 0 Å². The van der Waals surface area contributed by atoms with Crippen LogP contribution < -0.4 is 0 Å². The van der Waals surface area contributed by atoms with Crippen LogP contribution >= 0.6 is 12.0 Å². The van der Waals surface area contributed by atoms with Gasteiger partial charge in [0, 0.05) is 28.9 Å². The Hall–Kier alpha value is -1.33. The molecule has 2 aromatic carbocycles. The summed E-state index contributed by atoms with van der Waals surface area (Å²) < 4.78 is 18.9. The van der Waals surface area contributed by atoms with Crippen LogP contribution in [0.5, 0.6) is 0 Å². The average Bonchev–Trinajstić information content (AvgIpc) is 3.51. The van der Waals surface area contributed by atoms with Crippen molar-refractivity contribution < 1.29 is 13.7 Å². The SMILES string of the molecule is c1ccc(C2(CCOSc3c(C4CCCCC4)cc(C4CCCCC4)cc3C3CCCCC3)OCCO2)cc1. The minimum Gasteiger partial charge on any atom is -0.343 e. The Morgan fingerprint density at radius 1 is 0.667 bits per heavy atom. The second-order valence-electron chi connectivity index (χ2n) is 12.5. The molecular formula is C35H48O3S. The van der Waals surface area contributed by atoms with E-state index in [1.54, 1.807) is 28.7 Å².